The summed E-state index contributed by atoms with van der Waals surface area (Å²) in [7, 11) is 0.973. The Labute approximate surface area is 94.2 Å². The van der Waals surface area contributed by atoms with Crippen LogP contribution in [0.4, 0.5) is 13.2 Å². The molecule has 0 fully saturated rings. The van der Waals surface area contributed by atoms with Crippen LogP contribution in [0.15, 0.2) is 12.1 Å². The largest absolute Gasteiger partial charge is 0.465 e. The van der Waals surface area contributed by atoms with Crippen LogP contribution in [-0.4, -0.2) is 19.7 Å². The van der Waals surface area contributed by atoms with Crippen molar-refractivity contribution in [1.29, 1.82) is 5.26 Å². The first-order valence-corrected chi connectivity index (χ1v) is 4.27. The van der Waals surface area contributed by atoms with Gasteiger partial charge >= 0.3 is 12.6 Å². The third-order valence-electron chi connectivity index (χ3n) is 1.83. The Morgan fingerprint density at radius 3 is 2.59 bits per heavy atom. The summed E-state index contributed by atoms with van der Waals surface area (Å²) in [5.74, 6) is -3.30. The number of hydrogen-bond donors (Lipinski definition) is 0. The number of ether oxygens (including phenoxy) is 2. The third-order valence-corrected chi connectivity index (χ3v) is 1.83. The predicted octanol–water partition coefficient (Wildman–Crippen LogP) is 2.09. The predicted molar refractivity (Wildman–Crippen MR) is 49.1 cm³/mol. The number of rotatable bonds is 3. The van der Waals surface area contributed by atoms with Gasteiger partial charge in [0.2, 0.25) is 0 Å². The number of alkyl halides is 2. The van der Waals surface area contributed by atoms with Gasteiger partial charge in [-0.2, -0.15) is 14.0 Å². The van der Waals surface area contributed by atoms with Gasteiger partial charge in [-0.1, -0.05) is 0 Å². The highest BCUT2D eigenvalue weighted by atomic mass is 19.3. The minimum atomic E-state index is -3.32. The topological polar surface area (TPSA) is 59.3 Å². The van der Waals surface area contributed by atoms with Crippen LogP contribution in [0.1, 0.15) is 15.9 Å². The molecule has 1 aromatic rings. The van der Waals surface area contributed by atoms with Gasteiger partial charge in [-0.25, -0.2) is 9.18 Å². The number of carbonyl (C=O) groups is 1. The number of nitrogens with zero attached hydrogens (tertiary/aromatic N) is 1. The van der Waals surface area contributed by atoms with Crippen LogP contribution >= 0.6 is 0 Å². The van der Waals surface area contributed by atoms with Gasteiger partial charge in [0, 0.05) is 0 Å². The van der Waals surface area contributed by atoms with E-state index in [9.17, 15) is 18.0 Å². The van der Waals surface area contributed by atoms with E-state index in [0.717, 1.165) is 19.2 Å². The average Bonchev–Trinajstić information content (AvgIpc) is 2.30. The minimum Gasteiger partial charge on any atom is -0.465 e. The average molecular weight is 245 g/mol. The zero-order valence-electron chi connectivity index (χ0n) is 8.54. The lowest BCUT2D eigenvalue weighted by molar-refractivity contribution is -0.0527. The molecule has 0 amide bonds. The second-order valence-electron chi connectivity index (χ2n) is 2.78. The van der Waals surface area contributed by atoms with Crippen molar-refractivity contribution in [2.75, 3.05) is 7.11 Å². The van der Waals surface area contributed by atoms with E-state index < -0.39 is 29.7 Å². The number of hydrogen-bond acceptors (Lipinski definition) is 4. The Hall–Kier alpha value is -2.23. The molecule has 0 unspecified atom stereocenters. The quantitative estimate of drug-likeness (QED) is 0.765. The van der Waals surface area contributed by atoms with Gasteiger partial charge in [-0.15, -0.1) is 0 Å². The highest BCUT2D eigenvalue weighted by molar-refractivity contribution is 5.95. The van der Waals surface area contributed by atoms with Gasteiger partial charge in [-0.3, -0.25) is 0 Å². The maximum Gasteiger partial charge on any atom is 0.387 e. The van der Waals surface area contributed by atoms with Gasteiger partial charge in [0.15, 0.2) is 11.6 Å². The van der Waals surface area contributed by atoms with Crippen molar-refractivity contribution in [3.05, 3.63) is 29.1 Å². The van der Waals surface area contributed by atoms with E-state index in [1.807, 2.05) is 0 Å². The Morgan fingerprint density at radius 2 is 2.12 bits per heavy atom. The zero-order chi connectivity index (χ0) is 13.0. The lowest BCUT2D eigenvalue weighted by atomic mass is 10.1. The van der Waals surface area contributed by atoms with E-state index >= 15 is 0 Å². The summed E-state index contributed by atoms with van der Waals surface area (Å²) in [5.41, 5.74) is -0.968. The molecule has 0 aromatic heterocycles. The lowest BCUT2D eigenvalue weighted by Crippen LogP contribution is -2.12. The summed E-state index contributed by atoms with van der Waals surface area (Å²) in [4.78, 5) is 11.3. The molecular formula is C10H6F3NO3. The van der Waals surface area contributed by atoms with Crippen molar-refractivity contribution >= 4 is 5.97 Å². The molecular weight excluding hydrogens is 239 g/mol. The van der Waals surface area contributed by atoms with Crippen molar-refractivity contribution in [3.63, 3.8) is 0 Å². The molecule has 1 rings (SSSR count). The van der Waals surface area contributed by atoms with Gasteiger partial charge in [0.05, 0.1) is 12.7 Å². The zero-order valence-corrected chi connectivity index (χ0v) is 8.54. The number of esters is 1. The van der Waals surface area contributed by atoms with E-state index in [-0.39, 0.29) is 5.56 Å². The highest BCUT2D eigenvalue weighted by Gasteiger charge is 2.24. The first-order chi connectivity index (χ1) is 8.01. The van der Waals surface area contributed by atoms with Crippen LogP contribution in [0.25, 0.3) is 0 Å². The van der Waals surface area contributed by atoms with E-state index in [1.165, 1.54) is 0 Å². The van der Waals surface area contributed by atoms with Crippen molar-refractivity contribution in [2.45, 2.75) is 6.61 Å². The maximum absolute atomic E-state index is 13.2. The van der Waals surface area contributed by atoms with Gasteiger partial charge in [0.1, 0.15) is 11.6 Å². The molecule has 0 saturated carbocycles. The van der Waals surface area contributed by atoms with Crippen molar-refractivity contribution in [1.82, 2.24) is 0 Å². The second-order valence-corrected chi connectivity index (χ2v) is 2.78. The van der Waals surface area contributed by atoms with E-state index in [0.29, 0.717) is 0 Å². The molecule has 1 aromatic carbocycles. The maximum atomic E-state index is 13.2. The van der Waals surface area contributed by atoms with E-state index in [1.54, 1.807) is 6.07 Å². The molecule has 0 bridgehead atoms. The second kappa shape index (κ2) is 5.21. The van der Waals surface area contributed by atoms with Gasteiger partial charge in [-0.05, 0) is 12.1 Å². The first kappa shape index (κ1) is 12.8. The summed E-state index contributed by atoms with van der Waals surface area (Å²) in [6.07, 6.45) is 0. The summed E-state index contributed by atoms with van der Waals surface area (Å²) < 4.78 is 45.5. The monoisotopic (exact) mass is 245 g/mol. The summed E-state index contributed by atoms with van der Waals surface area (Å²) >= 11 is 0. The fourth-order valence-corrected chi connectivity index (χ4v) is 1.16. The SMILES string of the molecule is COC(=O)c1c(C#N)ccc(F)c1OC(F)F. The van der Waals surface area contributed by atoms with Crippen molar-refractivity contribution < 1.29 is 27.4 Å². The van der Waals surface area contributed by atoms with Crippen LogP contribution in [0.3, 0.4) is 0 Å². The lowest BCUT2D eigenvalue weighted by Gasteiger charge is -2.11. The Morgan fingerprint density at radius 1 is 1.47 bits per heavy atom. The molecule has 0 spiro atoms. The molecule has 90 valence electrons. The number of methoxy groups -OCH3 is 1. The van der Waals surface area contributed by atoms with Crippen LogP contribution < -0.4 is 4.74 Å². The molecule has 7 heteroatoms. The van der Waals surface area contributed by atoms with Crippen molar-refractivity contribution in [3.8, 4) is 11.8 Å². The number of halogens is 3. The van der Waals surface area contributed by atoms with Crippen LogP contribution in [-0.2, 0) is 4.74 Å². The standard InChI is InChI=1S/C10H6F3NO3/c1-16-9(15)7-5(4-14)2-3-6(11)8(7)17-10(12)13/h2-3,10H,1H3. The molecule has 0 saturated heterocycles. The summed E-state index contributed by atoms with van der Waals surface area (Å²) in [6.45, 7) is -3.32. The van der Waals surface area contributed by atoms with Crippen LogP contribution in [0.5, 0.6) is 5.75 Å². The minimum absolute atomic E-state index is 0.311. The number of carbonyl (C=O) groups excluding carboxylic acids is 1. The summed E-state index contributed by atoms with van der Waals surface area (Å²) in [6, 6.07) is 3.28. The Kier molecular flexibility index (Phi) is 3.93. The van der Waals surface area contributed by atoms with Crippen molar-refractivity contribution in [2.24, 2.45) is 0 Å². The molecule has 0 heterocycles. The fourth-order valence-electron chi connectivity index (χ4n) is 1.16. The molecule has 0 aliphatic rings. The molecule has 0 aliphatic carbocycles. The van der Waals surface area contributed by atoms with Crippen LogP contribution in [0, 0.1) is 17.1 Å². The van der Waals surface area contributed by atoms with Crippen LogP contribution in [0.2, 0.25) is 0 Å². The highest BCUT2D eigenvalue weighted by Crippen LogP contribution is 2.28. The summed E-state index contributed by atoms with van der Waals surface area (Å²) in [5, 5.41) is 8.69. The van der Waals surface area contributed by atoms with Gasteiger partial charge in [0.25, 0.3) is 0 Å². The molecule has 0 radical (unpaired) electrons. The number of nitriles is 1. The Balaban J connectivity index is 3.43. The Bertz CT molecular complexity index is 482. The molecule has 0 aliphatic heterocycles. The van der Waals surface area contributed by atoms with Gasteiger partial charge < -0.3 is 9.47 Å². The van der Waals surface area contributed by atoms with E-state index in [2.05, 4.69) is 9.47 Å². The molecule has 4 nitrogen and oxygen atoms in total. The fraction of sp³-hybridized carbons (Fsp3) is 0.200. The normalized spacial score (nSPS) is 9.88. The molecule has 0 atom stereocenters. The van der Waals surface area contributed by atoms with E-state index in [4.69, 9.17) is 5.26 Å². The number of benzene rings is 1. The first-order valence-electron chi connectivity index (χ1n) is 4.27. The molecule has 17 heavy (non-hydrogen) atoms. The molecule has 0 N–H and O–H groups in total. The smallest absolute Gasteiger partial charge is 0.387 e. The third kappa shape index (κ3) is 2.66.